The average molecular weight is 786 g/mol. The highest BCUT2D eigenvalue weighted by Crippen LogP contribution is 2.60. The number of benzene rings is 4. The summed E-state index contributed by atoms with van der Waals surface area (Å²) in [4.78, 5) is 31.5. The fourth-order valence-electron chi connectivity index (χ4n) is 9.63. The first kappa shape index (κ1) is 38.6. The predicted molar refractivity (Wildman–Crippen MR) is 222 cm³/mol. The number of amides is 2. The monoisotopic (exact) mass is 785 g/mol. The molecule has 4 aromatic carbocycles. The number of aromatic nitrogens is 3. The number of aliphatic hydroxyl groups is 1. The number of anilines is 2. The van der Waals surface area contributed by atoms with Crippen LogP contribution in [0.25, 0.3) is 0 Å². The molecule has 5 aromatic rings. The number of methoxy groups -OCH3 is 2. The second kappa shape index (κ2) is 15.6. The molecule has 3 aliphatic heterocycles. The minimum atomic E-state index is -2.39. The summed E-state index contributed by atoms with van der Waals surface area (Å²) in [7, 11) is 0.930. The molecular formula is C45H51N5O6Si. The Morgan fingerprint density at radius 1 is 0.947 bits per heavy atom. The molecule has 2 amide bonds. The minimum Gasteiger partial charge on any atom is -0.497 e. The molecule has 0 bridgehead atoms. The van der Waals surface area contributed by atoms with Crippen LogP contribution in [0.2, 0.25) is 18.6 Å². The number of aliphatic hydroxyl groups excluding tert-OH is 1. The summed E-state index contributed by atoms with van der Waals surface area (Å²) < 4.78 is 20.5. The standard InChI is InChI=1S/C45H51N5O6Si/c1-30-43(57(4,5)36-20-17-34(54-2)18-21-36)41(23-25-48-28-39(46-47-48)37(29-51)32-10-7-6-8-11-32)56-45(30)38-26-35(55-3)19-22-40(38)50(44(45)53)27-31-13-15-33(16-14-31)49-24-9-12-42(49)52/h6-8,10-11,13-22,26,28,30,37,41,43,51H,9,12,23-25,27,29H2,1-5H3/t30-,37?,41+,43-,45+/m1/s1. The summed E-state index contributed by atoms with van der Waals surface area (Å²) >= 11 is 0. The van der Waals surface area contributed by atoms with E-state index in [9.17, 15) is 9.90 Å². The number of hydrogen-bond donors (Lipinski definition) is 1. The first-order valence-electron chi connectivity index (χ1n) is 19.9. The smallest absolute Gasteiger partial charge is 0.264 e. The van der Waals surface area contributed by atoms with Gasteiger partial charge < -0.3 is 29.1 Å². The van der Waals surface area contributed by atoms with Crippen molar-refractivity contribution in [3.8, 4) is 11.5 Å². The van der Waals surface area contributed by atoms with Crippen LogP contribution in [0.4, 0.5) is 11.4 Å². The van der Waals surface area contributed by atoms with Gasteiger partial charge in [-0.05, 0) is 72.0 Å². The second-order valence-corrected chi connectivity index (χ2v) is 20.8. The van der Waals surface area contributed by atoms with Gasteiger partial charge in [-0.2, -0.15) is 0 Å². The Bertz CT molecular complexity index is 2230. The molecular weight excluding hydrogens is 735 g/mol. The normalized spacial score (nSPS) is 22.4. The molecule has 5 atom stereocenters. The third-order valence-electron chi connectivity index (χ3n) is 12.6. The van der Waals surface area contributed by atoms with Gasteiger partial charge in [0.2, 0.25) is 5.91 Å². The van der Waals surface area contributed by atoms with Gasteiger partial charge in [-0.25, -0.2) is 0 Å². The Balaban J connectivity index is 1.14. The number of carbonyl (C=O) groups is 2. The van der Waals surface area contributed by atoms with Crippen LogP contribution in [0.3, 0.4) is 0 Å². The quantitative estimate of drug-likeness (QED) is 0.136. The third-order valence-corrected chi connectivity index (χ3v) is 17.0. The number of ether oxygens (including phenoxy) is 3. The van der Waals surface area contributed by atoms with Gasteiger partial charge in [-0.1, -0.05) is 85.0 Å². The number of carbonyl (C=O) groups excluding carboxylic acids is 2. The van der Waals surface area contributed by atoms with E-state index in [2.05, 4.69) is 42.5 Å². The van der Waals surface area contributed by atoms with Crippen LogP contribution < -0.4 is 24.5 Å². The SMILES string of the molecule is COc1ccc([Si](C)(C)[C@H]2[C@H](CCn3cc(C(CO)c4ccccc4)nn3)O[C@@]3(C(=O)N(Cc4ccc(N5CCCC5=O)cc4)c4ccc(OC)cc43)[C@@H]2C)cc1. The summed E-state index contributed by atoms with van der Waals surface area (Å²) in [6.07, 6.45) is 3.66. The van der Waals surface area contributed by atoms with Crippen LogP contribution in [0.15, 0.2) is 103 Å². The highest BCUT2D eigenvalue weighted by atomic mass is 28.3. The minimum absolute atomic E-state index is 0.0311. The maximum Gasteiger partial charge on any atom is 0.264 e. The molecule has 1 spiro atoms. The number of aryl methyl sites for hydroxylation is 1. The predicted octanol–water partition coefficient (Wildman–Crippen LogP) is 6.40. The molecule has 1 aromatic heterocycles. The van der Waals surface area contributed by atoms with Gasteiger partial charge in [0, 0.05) is 42.9 Å². The molecule has 4 heterocycles. The van der Waals surface area contributed by atoms with E-state index >= 15 is 4.79 Å². The molecule has 2 saturated heterocycles. The third kappa shape index (κ3) is 6.83. The van der Waals surface area contributed by atoms with Crippen LogP contribution in [-0.2, 0) is 33.0 Å². The van der Waals surface area contributed by atoms with E-state index in [-0.39, 0.29) is 41.9 Å². The Hall–Kier alpha value is -5.30. The highest BCUT2D eigenvalue weighted by Gasteiger charge is 2.66. The fraction of sp³-hybridized carbons (Fsp3) is 0.378. The molecule has 1 N–H and O–H groups in total. The second-order valence-electron chi connectivity index (χ2n) is 16.1. The lowest BCUT2D eigenvalue weighted by atomic mass is 9.82. The maximum atomic E-state index is 15.3. The number of nitrogens with zero attached hydrogens (tertiary/aromatic N) is 5. The Kier molecular flexibility index (Phi) is 10.5. The molecule has 2 fully saturated rings. The van der Waals surface area contributed by atoms with Crippen LogP contribution in [0, 0.1) is 5.92 Å². The summed E-state index contributed by atoms with van der Waals surface area (Å²) in [5, 5.41) is 20.6. The Morgan fingerprint density at radius 3 is 2.33 bits per heavy atom. The van der Waals surface area contributed by atoms with Crippen molar-refractivity contribution in [2.75, 3.05) is 37.2 Å². The van der Waals surface area contributed by atoms with E-state index in [1.54, 1.807) is 14.2 Å². The molecule has 3 aliphatic rings. The average Bonchev–Trinajstić information content (AvgIpc) is 4.01. The zero-order valence-electron chi connectivity index (χ0n) is 33.3. The number of fused-ring (bicyclic) bond motifs is 2. The Labute approximate surface area is 335 Å². The van der Waals surface area contributed by atoms with Gasteiger partial charge in [0.25, 0.3) is 5.91 Å². The molecule has 12 heteroatoms. The van der Waals surface area contributed by atoms with Crippen LogP contribution in [0.1, 0.15) is 54.5 Å². The van der Waals surface area contributed by atoms with Crippen molar-refractivity contribution in [1.82, 2.24) is 15.0 Å². The Morgan fingerprint density at radius 2 is 1.67 bits per heavy atom. The summed E-state index contributed by atoms with van der Waals surface area (Å²) in [5.41, 5.74) is 3.94. The van der Waals surface area contributed by atoms with Gasteiger partial charge in [0.1, 0.15) is 11.5 Å². The van der Waals surface area contributed by atoms with Crippen molar-refractivity contribution >= 4 is 36.4 Å². The molecule has 0 radical (unpaired) electrons. The molecule has 8 rings (SSSR count). The van der Waals surface area contributed by atoms with E-state index in [1.807, 2.05) is 106 Å². The van der Waals surface area contributed by atoms with Crippen molar-refractivity contribution in [3.63, 3.8) is 0 Å². The van der Waals surface area contributed by atoms with Crippen molar-refractivity contribution in [1.29, 1.82) is 0 Å². The van der Waals surface area contributed by atoms with Gasteiger partial charge in [-0.3, -0.25) is 14.3 Å². The zero-order valence-corrected chi connectivity index (χ0v) is 34.3. The topological polar surface area (TPSA) is 119 Å². The van der Waals surface area contributed by atoms with E-state index in [0.717, 1.165) is 46.8 Å². The van der Waals surface area contributed by atoms with Crippen LogP contribution >= 0.6 is 0 Å². The van der Waals surface area contributed by atoms with Gasteiger partial charge >= 0.3 is 0 Å². The van der Waals surface area contributed by atoms with Crippen LogP contribution in [-0.4, -0.2) is 73.5 Å². The molecule has 11 nitrogen and oxygen atoms in total. The molecule has 0 saturated carbocycles. The van der Waals surface area contributed by atoms with Crippen molar-refractivity contribution in [2.24, 2.45) is 5.92 Å². The largest absolute Gasteiger partial charge is 0.497 e. The van der Waals surface area contributed by atoms with Crippen molar-refractivity contribution in [2.45, 2.75) is 75.5 Å². The molecule has 1 unspecified atom stereocenters. The van der Waals surface area contributed by atoms with Crippen LogP contribution in [0.5, 0.6) is 11.5 Å². The lowest BCUT2D eigenvalue weighted by molar-refractivity contribution is -0.146. The van der Waals surface area contributed by atoms with Crippen molar-refractivity contribution < 1.29 is 28.9 Å². The fourth-order valence-corrected chi connectivity index (χ4v) is 13.7. The van der Waals surface area contributed by atoms with Gasteiger partial charge in [0.05, 0.1) is 58.8 Å². The van der Waals surface area contributed by atoms with Crippen molar-refractivity contribution in [3.05, 3.63) is 126 Å². The highest BCUT2D eigenvalue weighted by molar-refractivity contribution is 6.91. The zero-order chi connectivity index (χ0) is 39.9. The molecule has 57 heavy (non-hydrogen) atoms. The lowest BCUT2D eigenvalue weighted by Gasteiger charge is -2.37. The van der Waals surface area contributed by atoms with E-state index in [0.29, 0.717) is 37.4 Å². The van der Waals surface area contributed by atoms with E-state index < -0.39 is 13.7 Å². The maximum absolute atomic E-state index is 15.3. The van der Waals surface area contributed by atoms with E-state index in [4.69, 9.17) is 14.2 Å². The number of rotatable bonds is 13. The first-order valence-corrected chi connectivity index (χ1v) is 22.9. The van der Waals surface area contributed by atoms with Gasteiger partial charge in [0.15, 0.2) is 5.60 Å². The molecule has 0 aliphatic carbocycles. The number of hydrogen-bond acceptors (Lipinski definition) is 8. The summed E-state index contributed by atoms with van der Waals surface area (Å²) in [5.74, 6) is 1.05. The van der Waals surface area contributed by atoms with Gasteiger partial charge in [-0.15, -0.1) is 5.10 Å². The summed E-state index contributed by atoms with van der Waals surface area (Å²) in [6.45, 7) is 8.46. The van der Waals surface area contributed by atoms with E-state index in [1.165, 1.54) is 5.19 Å². The lowest BCUT2D eigenvalue weighted by Crippen LogP contribution is -2.51. The summed E-state index contributed by atoms with van der Waals surface area (Å²) in [6, 6.07) is 32.1. The first-order chi connectivity index (χ1) is 27.6. The molecule has 296 valence electrons.